The van der Waals surface area contributed by atoms with E-state index in [2.05, 4.69) is 4.98 Å². The van der Waals surface area contributed by atoms with Crippen molar-refractivity contribution in [3.63, 3.8) is 0 Å². The number of carbonyl (C=O) groups is 3. The molecule has 1 aromatic heterocycles. The zero-order valence-electron chi connectivity index (χ0n) is 18.7. The van der Waals surface area contributed by atoms with Gasteiger partial charge in [-0.15, -0.1) is 0 Å². The molecule has 8 heteroatoms. The Morgan fingerprint density at radius 1 is 1.12 bits per heavy atom. The van der Waals surface area contributed by atoms with Crippen molar-refractivity contribution < 1.29 is 24.2 Å². The Kier molecular flexibility index (Phi) is 6.02. The van der Waals surface area contributed by atoms with Crippen LogP contribution in [-0.2, 0) is 14.4 Å². The summed E-state index contributed by atoms with van der Waals surface area (Å²) in [5.74, 6) is -1.71. The number of likely N-dealkylation sites (tertiary alicyclic amines) is 1. The van der Waals surface area contributed by atoms with Gasteiger partial charge in [-0.05, 0) is 37.9 Å². The minimum Gasteiger partial charge on any atom is -0.507 e. The summed E-state index contributed by atoms with van der Waals surface area (Å²) < 4.78 is 5.10. The topological polar surface area (TPSA) is 103 Å². The molecule has 8 nitrogen and oxygen atoms in total. The first-order chi connectivity index (χ1) is 15.8. The van der Waals surface area contributed by atoms with Crippen LogP contribution in [0.4, 0.5) is 0 Å². The lowest BCUT2D eigenvalue weighted by Crippen LogP contribution is -2.35. The largest absolute Gasteiger partial charge is 0.507 e. The van der Waals surface area contributed by atoms with Gasteiger partial charge in [0.25, 0.3) is 11.7 Å². The van der Waals surface area contributed by atoms with E-state index in [1.807, 2.05) is 43.3 Å². The Morgan fingerprint density at radius 3 is 2.48 bits per heavy atom. The van der Waals surface area contributed by atoms with Crippen LogP contribution in [0.1, 0.15) is 24.1 Å². The number of rotatable bonds is 6. The van der Waals surface area contributed by atoms with Gasteiger partial charge in [0.15, 0.2) is 0 Å². The fraction of sp³-hybridized carbons (Fsp3) is 0.240. The van der Waals surface area contributed by atoms with E-state index in [0.717, 1.165) is 10.9 Å². The highest BCUT2D eigenvalue weighted by Crippen LogP contribution is 2.40. The van der Waals surface area contributed by atoms with Crippen LogP contribution < -0.4 is 4.74 Å². The van der Waals surface area contributed by atoms with Crippen LogP contribution in [0, 0.1) is 0 Å². The van der Waals surface area contributed by atoms with Crippen molar-refractivity contribution in [1.29, 1.82) is 0 Å². The van der Waals surface area contributed by atoms with E-state index >= 15 is 0 Å². The third-order valence-electron chi connectivity index (χ3n) is 5.63. The van der Waals surface area contributed by atoms with Crippen LogP contribution in [0.25, 0.3) is 16.7 Å². The fourth-order valence-corrected chi connectivity index (χ4v) is 4.06. The second-order valence-corrected chi connectivity index (χ2v) is 8.21. The second kappa shape index (κ2) is 8.91. The van der Waals surface area contributed by atoms with Gasteiger partial charge < -0.3 is 24.6 Å². The van der Waals surface area contributed by atoms with Gasteiger partial charge >= 0.3 is 5.97 Å². The Hall–Kier alpha value is -3.91. The SMILES string of the molecule is CC(=O)Oc1ccc(C2/C(=C(/O)c3c[nH]c4ccccc34)C(=O)C(=O)N2CCN(C)C)cc1. The molecule has 0 radical (unpaired) electrons. The number of H-pyrrole nitrogens is 1. The molecule has 33 heavy (non-hydrogen) atoms. The number of ether oxygens (including phenoxy) is 1. The molecule has 3 aromatic rings. The number of aromatic amines is 1. The molecule has 0 bridgehead atoms. The van der Waals surface area contributed by atoms with Crippen LogP contribution in [0.2, 0.25) is 0 Å². The first-order valence-corrected chi connectivity index (χ1v) is 10.6. The lowest BCUT2D eigenvalue weighted by Gasteiger charge is -2.26. The fourth-order valence-electron chi connectivity index (χ4n) is 4.06. The maximum Gasteiger partial charge on any atom is 0.308 e. The van der Waals surface area contributed by atoms with Crippen molar-refractivity contribution in [2.75, 3.05) is 27.2 Å². The molecule has 2 N–H and O–H groups in total. The van der Waals surface area contributed by atoms with Crippen LogP contribution in [0.5, 0.6) is 5.75 Å². The number of para-hydroxylation sites is 1. The van der Waals surface area contributed by atoms with Gasteiger partial charge in [0.05, 0.1) is 11.6 Å². The Balaban J connectivity index is 1.84. The lowest BCUT2D eigenvalue weighted by molar-refractivity contribution is -0.140. The summed E-state index contributed by atoms with van der Waals surface area (Å²) in [5.41, 5.74) is 1.93. The van der Waals surface area contributed by atoms with E-state index in [4.69, 9.17) is 4.74 Å². The van der Waals surface area contributed by atoms with Crippen molar-refractivity contribution >= 4 is 34.3 Å². The van der Waals surface area contributed by atoms with Gasteiger partial charge in [-0.3, -0.25) is 14.4 Å². The van der Waals surface area contributed by atoms with E-state index < -0.39 is 23.7 Å². The first kappa shape index (κ1) is 22.3. The van der Waals surface area contributed by atoms with E-state index in [0.29, 0.717) is 30.0 Å². The number of amides is 1. The first-order valence-electron chi connectivity index (χ1n) is 10.6. The molecule has 1 unspecified atom stereocenters. The molecule has 1 amide bonds. The number of carbonyl (C=O) groups excluding carboxylic acids is 3. The number of ketones is 1. The van der Waals surface area contributed by atoms with Crippen LogP contribution >= 0.6 is 0 Å². The summed E-state index contributed by atoms with van der Waals surface area (Å²) in [7, 11) is 3.76. The van der Waals surface area contributed by atoms with Crippen LogP contribution in [0.15, 0.2) is 60.3 Å². The molecule has 1 atom stereocenters. The number of esters is 1. The van der Waals surface area contributed by atoms with Crippen LogP contribution in [-0.4, -0.2) is 64.7 Å². The van der Waals surface area contributed by atoms with Gasteiger partial charge in [-0.25, -0.2) is 0 Å². The summed E-state index contributed by atoms with van der Waals surface area (Å²) in [6.07, 6.45) is 1.63. The van der Waals surface area contributed by atoms with Crippen molar-refractivity contribution in [3.05, 3.63) is 71.4 Å². The molecule has 1 aliphatic rings. The summed E-state index contributed by atoms with van der Waals surface area (Å²) in [6, 6.07) is 13.2. The number of aromatic nitrogens is 1. The number of Topliss-reactive ketones (excluding diaryl/α,β-unsaturated/α-hetero) is 1. The molecule has 0 spiro atoms. The number of nitrogens with one attached hydrogen (secondary N) is 1. The van der Waals surface area contributed by atoms with Gasteiger partial charge in [0.2, 0.25) is 0 Å². The zero-order chi connectivity index (χ0) is 23.7. The molecule has 1 fully saturated rings. The van der Waals surface area contributed by atoms with Gasteiger partial charge in [-0.2, -0.15) is 0 Å². The molecule has 2 aromatic carbocycles. The summed E-state index contributed by atoms with van der Waals surface area (Å²) >= 11 is 0. The van der Waals surface area contributed by atoms with Crippen LogP contribution in [0.3, 0.4) is 0 Å². The molecule has 170 valence electrons. The molecule has 0 aliphatic carbocycles. The number of hydrogen-bond donors (Lipinski definition) is 2. The standard InChI is InChI=1S/C25H25N3O5/c1-15(29)33-17-10-8-16(9-11-17)22-21(24(31)25(32)28(22)13-12-27(2)3)23(30)19-14-26-20-7-5-4-6-18(19)20/h4-11,14,22,26,30H,12-13H2,1-3H3/b23-21-. The number of benzene rings is 2. The Labute approximate surface area is 191 Å². The summed E-state index contributed by atoms with van der Waals surface area (Å²) in [5, 5.41) is 12.0. The van der Waals surface area contributed by atoms with Gasteiger partial charge in [0, 0.05) is 42.7 Å². The summed E-state index contributed by atoms with van der Waals surface area (Å²) in [4.78, 5) is 43.9. The average molecular weight is 447 g/mol. The lowest BCUT2D eigenvalue weighted by atomic mass is 9.95. The molecular weight excluding hydrogens is 422 g/mol. The van der Waals surface area contributed by atoms with Gasteiger partial charge in [0.1, 0.15) is 11.5 Å². The number of aliphatic hydroxyl groups is 1. The van der Waals surface area contributed by atoms with Gasteiger partial charge in [-0.1, -0.05) is 30.3 Å². The normalized spacial score (nSPS) is 17.8. The maximum absolute atomic E-state index is 13.1. The maximum atomic E-state index is 13.1. The molecular formula is C25H25N3O5. The van der Waals surface area contributed by atoms with E-state index in [1.165, 1.54) is 11.8 Å². The highest BCUT2D eigenvalue weighted by atomic mass is 16.5. The third-order valence-corrected chi connectivity index (χ3v) is 5.63. The number of fused-ring (bicyclic) bond motifs is 1. The number of nitrogens with zero attached hydrogens (tertiary/aromatic N) is 2. The molecule has 1 saturated heterocycles. The van der Waals surface area contributed by atoms with E-state index in [1.54, 1.807) is 30.5 Å². The predicted molar refractivity (Wildman–Crippen MR) is 124 cm³/mol. The molecule has 2 heterocycles. The predicted octanol–water partition coefficient (Wildman–Crippen LogP) is 3.08. The van der Waals surface area contributed by atoms with Crippen molar-refractivity contribution in [3.8, 4) is 5.75 Å². The molecule has 1 aliphatic heterocycles. The third kappa shape index (κ3) is 4.25. The van der Waals surface area contributed by atoms with Crippen molar-refractivity contribution in [2.45, 2.75) is 13.0 Å². The number of likely N-dealkylation sites (N-methyl/N-ethyl adjacent to an activating group) is 1. The number of hydrogen-bond acceptors (Lipinski definition) is 6. The van der Waals surface area contributed by atoms with E-state index in [-0.39, 0.29) is 11.3 Å². The quantitative estimate of drug-likeness (QED) is 0.198. The second-order valence-electron chi connectivity index (χ2n) is 8.21. The monoisotopic (exact) mass is 447 g/mol. The number of aliphatic hydroxyl groups excluding tert-OH is 1. The minimum atomic E-state index is -0.773. The van der Waals surface area contributed by atoms with Crippen molar-refractivity contribution in [1.82, 2.24) is 14.8 Å². The zero-order valence-corrected chi connectivity index (χ0v) is 18.7. The van der Waals surface area contributed by atoms with Crippen molar-refractivity contribution in [2.24, 2.45) is 0 Å². The summed E-state index contributed by atoms with van der Waals surface area (Å²) in [6.45, 7) is 2.16. The molecule has 0 saturated carbocycles. The Bertz CT molecular complexity index is 1260. The average Bonchev–Trinajstić information content (AvgIpc) is 3.31. The minimum absolute atomic E-state index is 0.0312. The Morgan fingerprint density at radius 2 is 1.82 bits per heavy atom. The van der Waals surface area contributed by atoms with E-state index in [9.17, 15) is 19.5 Å². The smallest absolute Gasteiger partial charge is 0.308 e. The molecule has 4 rings (SSSR count). The highest BCUT2D eigenvalue weighted by Gasteiger charge is 2.46. The highest BCUT2D eigenvalue weighted by molar-refractivity contribution is 6.46.